The molecule has 1 fully saturated rings. The molecule has 1 atom stereocenters. The van der Waals surface area contributed by atoms with Crippen molar-refractivity contribution in [1.82, 2.24) is 40.3 Å². The van der Waals surface area contributed by atoms with E-state index in [1.807, 2.05) is 11.6 Å². The van der Waals surface area contributed by atoms with E-state index in [0.717, 1.165) is 44.2 Å². The third-order valence-electron chi connectivity index (χ3n) is 3.46. The van der Waals surface area contributed by atoms with Gasteiger partial charge in [0.05, 0.1) is 13.2 Å². The van der Waals surface area contributed by atoms with E-state index in [9.17, 15) is 0 Å². The first kappa shape index (κ1) is 14.1. The Balaban J connectivity index is 1.64. The maximum absolute atomic E-state index is 5.76. The van der Waals surface area contributed by atoms with E-state index < -0.39 is 0 Å². The SMILES string of the molecule is CCCn1nnnc1CN1CCOC(c2n[nH]c(C)n2)C1. The van der Waals surface area contributed by atoms with Crippen molar-refractivity contribution in [3.05, 3.63) is 17.5 Å². The molecule has 1 N–H and O–H groups in total. The Kier molecular flexibility index (Phi) is 4.20. The number of nitrogens with zero attached hydrogens (tertiary/aromatic N) is 7. The predicted octanol–water partition coefficient (Wildman–Crippen LogP) is 0.0831. The number of hydrogen-bond donors (Lipinski definition) is 1. The average molecular weight is 292 g/mol. The first-order valence-electron chi connectivity index (χ1n) is 7.24. The summed E-state index contributed by atoms with van der Waals surface area (Å²) in [4.78, 5) is 6.62. The summed E-state index contributed by atoms with van der Waals surface area (Å²) in [6.07, 6.45) is 0.916. The lowest BCUT2D eigenvalue weighted by molar-refractivity contribution is -0.0381. The average Bonchev–Trinajstić information content (AvgIpc) is 3.10. The summed E-state index contributed by atoms with van der Waals surface area (Å²) in [5, 5.41) is 18.9. The number of ether oxygens (including phenoxy) is 1. The lowest BCUT2D eigenvalue weighted by atomic mass is 10.2. The minimum absolute atomic E-state index is 0.0980. The van der Waals surface area contributed by atoms with Gasteiger partial charge >= 0.3 is 0 Å². The molecule has 0 aromatic carbocycles. The lowest BCUT2D eigenvalue weighted by Crippen LogP contribution is -2.38. The zero-order valence-corrected chi connectivity index (χ0v) is 12.4. The van der Waals surface area contributed by atoms with E-state index in [-0.39, 0.29) is 6.10 Å². The van der Waals surface area contributed by atoms with Crippen LogP contribution in [0.4, 0.5) is 0 Å². The molecule has 2 aromatic rings. The monoisotopic (exact) mass is 292 g/mol. The van der Waals surface area contributed by atoms with Crippen LogP contribution in [0.15, 0.2) is 0 Å². The summed E-state index contributed by atoms with van der Waals surface area (Å²) in [6, 6.07) is 0. The minimum atomic E-state index is -0.0980. The number of aromatic amines is 1. The van der Waals surface area contributed by atoms with E-state index in [0.29, 0.717) is 12.4 Å². The Bertz CT molecular complexity index is 579. The number of H-pyrrole nitrogens is 1. The zero-order valence-electron chi connectivity index (χ0n) is 12.4. The maximum atomic E-state index is 5.76. The highest BCUT2D eigenvalue weighted by Gasteiger charge is 2.26. The van der Waals surface area contributed by atoms with Crippen molar-refractivity contribution < 1.29 is 4.74 Å². The normalized spacial score (nSPS) is 20.0. The van der Waals surface area contributed by atoms with Crippen LogP contribution in [-0.2, 0) is 17.8 Å². The van der Waals surface area contributed by atoms with Gasteiger partial charge in [0.15, 0.2) is 11.6 Å². The Morgan fingerprint density at radius 1 is 1.43 bits per heavy atom. The topological polar surface area (TPSA) is 97.6 Å². The molecule has 3 heterocycles. The second kappa shape index (κ2) is 6.27. The summed E-state index contributed by atoms with van der Waals surface area (Å²) in [5.74, 6) is 2.41. The largest absolute Gasteiger partial charge is 0.367 e. The number of aryl methyl sites for hydroxylation is 2. The van der Waals surface area contributed by atoms with Gasteiger partial charge in [0.1, 0.15) is 11.9 Å². The minimum Gasteiger partial charge on any atom is -0.367 e. The molecule has 2 aromatic heterocycles. The molecule has 1 unspecified atom stereocenters. The molecule has 1 saturated heterocycles. The lowest BCUT2D eigenvalue weighted by Gasteiger charge is -2.30. The Hall–Kier alpha value is -1.87. The van der Waals surface area contributed by atoms with Crippen molar-refractivity contribution in [2.75, 3.05) is 19.7 Å². The van der Waals surface area contributed by atoms with Gasteiger partial charge in [-0.15, -0.1) is 5.10 Å². The summed E-state index contributed by atoms with van der Waals surface area (Å²) < 4.78 is 7.62. The molecule has 1 aliphatic rings. The van der Waals surface area contributed by atoms with E-state index in [2.05, 4.69) is 42.5 Å². The van der Waals surface area contributed by atoms with Crippen molar-refractivity contribution in [2.45, 2.75) is 39.5 Å². The smallest absolute Gasteiger partial charge is 0.180 e. The van der Waals surface area contributed by atoms with Gasteiger partial charge in [-0.25, -0.2) is 9.67 Å². The molecule has 3 rings (SSSR count). The Labute approximate surface area is 122 Å². The van der Waals surface area contributed by atoms with E-state index >= 15 is 0 Å². The van der Waals surface area contributed by atoms with E-state index in [4.69, 9.17) is 4.74 Å². The number of tetrazole rings is 1. The van der Waals surface area contributed by atoms with Crippen LogP contribution < -0.4 is 0 Å². The van der Waals surface area contributed by atoms with Crippen molar-refractivity contribution in [3.8, 4) is 0 Å². The third-order valence-corrected chi connectivity index (χ3v) is 3.46. The molecule has 0 amide bonds. The van der Waals surface area contributed by atoms with Crippen LogP contribution >= 0.6 is 0 Å². The van der Waals surface area contributed by atoms with Crippen LogP contribution in [0.25, 0.3) is 0 Å². The summed E-state index contributed by atoms with van der Waals surface area (Å²) in [6.45, 7) is 7.83. The van der Waals surface area contributed by atoms with Crippen LogP contribution in [0.3, 0.4) is 0 Å². The summed E-state index contributed by atoms with van der Waals surface area (Å²) in [5.41, 5.74) is 0. The molecule has 0 radical (unpaired) electrons. The van der Waals surface area contributed by atoms with Gasteiger partial charge in [-0.2, -0.15) is 5.10 Å². The molecule has 1 aliphatic heterocycles. The quantitative estimate of drug-likeness (QED) is 0.833. The first-order valence-corrected chi connectivity index (χ1v) is 7.24. The summed E-state index contributed by atoms with van der Waals surface area (Å²) >= 11 is 0. The van der Waals surface area contributed by atoms with Crippen LogP contribution in [0, 0.1) is 6.92 Å². The summed E-state index contributed by atoms with van der Waals surface area (Å²) in [7, 11) is 0. The predicted molar refractivity (Wildman–Crippen MR) is 73.2 cm³/mol. The molecular weight excluding hydrogens is 272 g/mol. The van der Waals surface area contributed by atoms with Gasteiger partial charge in [-0.3, -0.25) is 10.00 Å². The van der Waals surface area contributed by atoms with Crippen molar-refractivity contribution in [3.63, 3.8) is 0 Å². The second-order valence-corrected chi connectivity index (χ2v) is 5.19. The number of rotatable bonds is 5. The maximum Gasteiger partial charge on any atom is 0.180 e. The first-order chi connectivity index (χ1) is 10.3. The Morgan fingerprint density at radius 3 is 3.10 bits per heavy atom. The molecule has 21 heavy (non-hydrogen) atoms. The van der Waals surface area contributed by atoms with Gasteiger partial charge in [0.2, 0.25) is 0 Å². The van der Waals surface area contributed by atoms with Crippen LogP contribution in [0.1, 0.15) is 36.9 Å². The standard InChI is InChI=1S/C12H20N8O/c1-3-4-20-11(15-17-18-20)8-19-5-6-21-10(7-19)12-13-9(2)14-16-12/h10H,3-8H2,1-2H3,(H,13,14,16). The fraction of sp³-hybridized carbons (Fsp3) is 0.750. The molecule has 0 aliphatic carbocycles. The van der Waals surface area contributed by atoms with Crippen LogP contribution in [0.2, 0.25) is 0 Å². The van der Waals surface area contributed by atoms with Gasteiger partial charge in [0.25, 0.3) is 0 Å². The highest BCUT2D eigenvalue weighted by Crippen LogP contribution is 2.20. The van der Waals surface area contributed by atoms with Gasteiger partial charge in [-0.05, 0) is 23.8 Å². The fourth-order valence-electron chi connectivity index (χ4n) is 2.43. The molecule has 0 spiro atoms. The zero-order chi connectivity index (χ0) is 14.7. The molecule has 9 heteroatoms. The van der Waals surface area contributed by atoms with Crippen molar-refractivity contribution in [2.24, 2.45) is 0 Å². The number of hydrogen-bond acceptors (Lipinski definition) is 7. The highest BCUT2D eigenvalue weighted by atomic mass is 16.5. The van der Waals surface area contributed by atoms with Gasteiger partial charge in [0, 0.05) is 19.6 Å². The fourth-order valence-corrected chi connectivity index (χ4v) is 2.43. The highest BCUT2D eigenvalue weighted by molar-refractivity contribution is 4.96. The molecule has 0 saturated carbocycles. The molecule has 9 nitrogen and oxygen atoms in total. The number of morpholine rings is 1. The van der Waals surface area contributed by atoms with Crippen LogP contribution in [-0.4, -0.2) is 60.0 Å². The third kappa shape index (κ3) is 3.24. The Morgan fingerprint density at radius 2 is 2.33 bits per heavy atom. The molecular formula is C12H20N8O. The number of aromatic nitrogens is 7. The van der Waals surface area contributed by atoms with E-state index in [1.54, 1.807) is 0 Å². The number of nitrogens with one attached hydrogen (secondary N) is 1. The van der Waals surface area contributed by atoms with Gasteiger partial charge < -0.3 is 4.74 Å². The van der Waals surface area contributed by atoms with Crippen LogP contribution in [0.5, 0.6) is 0 Å². The van der Waals surface area contributed by atoms with Crippen molar-refractivity contribution in [1.29, 1.82) is 0 Å². The van der Waals surface area contributed by atoms with Crippen molar-refractivity contribution >= 4 is 0 Å². The molecule has 0 bridgehead atoms. The van der Waals surface area contributed by atoms with Gasteiger partial charge in [-0.1, -0.05) is 6.92 Å². The molecule has 114 valence electrons. The second-order valence-electron chi connectivity index (χ2n) is 5.19. The van der Waals surface area contributed by atoms with E-state index in [1.165, 1.54) is 0 Å².